The van der Waals surface area contributed by atoms with E-state index in [4.69, 9.17) is 4.74 Å². The van der Waals surface area contributed by atoms with Crippen molar-refractivity contribution in [3.05, 3.63) is 46.1 Å². The third-order valence-electron chi connectivity index (χ3n) is 3.97. The standard InChI is InChI=1S/C16H18N4O4/c1-11-5-14(17-7-16(8-21)9-24-10-16)19-15(18-11)12-3-2-4-13(6-12)20(22)23/h2-6,21H,7-10H2,1H3,(H,17,18,19). The number of nitro benzene ring substituents is 1. The van der Waals surface area contributed by atoms with Gasteiger partial charge in [0.15, 0.2) is 5.82 Å². The van der Waals surface area contributed by atoms with E-state index in [1.807, 2.05) is 6.92 Å². The van der Waals surface area contributed by atoms with Crippen molar-refractivity contribution in [2.75, 3.05) is 31.7 Å². The highest BCUT2D eigenvalue weighted by Gasteiger charge is 2.37. The molecule has 24 heavy (non-hydrogen) atoms. The van der Waals surface area contributed by atoms with E-state index in [-0.39, 0.29) is 17.7 Å². The number of hydrogen-bond donors (Lipinski definition) is 2. The van der Waals surface area contributed by atoms with Gasteiger partial charge in [-0.3, -0.25) is 10.1 Å². The van der Waals surface area contributed by atoms with E-state index in [2.05, 4.69) is 15.3 Å². The lowest BCUT2D eigenvalue weighted by molar-refractivity contribution is -0.384. The first-order valence-electron chi connectivity index (χ1n) is 7.54. The number of nitrogens with zero attached hydrogens (tertiary/aromatic N) is 3. The molecule has 1 aliphatic heterocycles. The Morgan fingerprint density at radius 3 is 2.79 bits per heavy atom. The number of aliphatic hydroxyl groups excluding tert-OH is 1. The smallest absolute Gasteiger partial charge is 0.270 e. The predicted octanol–water partition coefficient (Wildman–Crippen LogP) is 1.78. The molecule has 1 saturated heterocycles. The number of benzene rings is 1. The van der Waals surface area contributed by atoms with Gasteiger partial charge in [0.25, 0.3) is 5.69 Å². The molecule has 0 unspecified atom stereocenters. The molecule has 1 aromatic heterocycles. The quantitative estimate of drug-likeness (QED) is 0.613. The first kappa shape index (κ1) is 16.3. The van der Waals surface area contributed by atoms with Crippen LogP contribution in [0.25, 0.3) is 11.4 Å². The van der Waals surface area contributed by atoms with Crippen molar-refractivity contribution in [2.45, 2.75) is 6.92 Å². The number of nitrogens with one attached hydrogen (secondary N) is 1. The average Bonchev–Trinajstić information content (AvgIpc) is 2.54. The zero-order chi connectivity index (χ0) is 17.2. The summed E-state index contributed by atoms with van der Waals surface area (Å²) in [7, 11) is 0. The van der Waals surface area contributed by atoms with Crippen molar-refractivity contribution < 1.29 is 14.8 Å². The number of rotatable bonds is 6. The van der Waals surface area contributed by atoms with Crippen molar-refractivity contribution in [3.8, 4) is 11.4 Å². The summed E-state index contributed by atoms with van der Waals surface area (Å²) < 4.78 is 5.17. The summed E-state index contributed by atoms with van der Waals surface area (Å²) in [6.07, 6.45) is 0. The number of aromatic nitrogens is 2. The largest absolute Gasteiger partial charge is 0.396 e. The van der Waals surface area contributed by atoms with Crippen LogP contribution in [-0.2, 0) is 4.74 Å². The lowest BCUT2D eigenvalue weighted by Gasteiger charge is -2.39. The van der Waals surface area contributed by atoms with E-state index in [1.165, 1.54) is 12.1 Å². The number of ether oxygens (including phenoxy) is 1. The normalized spacial score (nSPS) is 15.6. The fourth-order valence-corrected chi connectivity index (χ4v) is 2.46. The van der Waals surface area contributed by atoms with Crippen molar-refractivity contribution in [3.63, 3.8) is 0 Å². The lowest BCUT2D eigenvalue weighted by Crippen LogP contribution is -2.50. The number of aliphatic hydroxyl groups is 1. The lowest BCUT2D eigenvalue weighted by atomic mass is 9.87. The Labute approximate surface area is 138 Å². The molecule has 2 aromatic rings. The van der Waals surface area contributed by atoms with Crippen LogP contribution in [0.1, 0.15) is 5.69 Å². The van der Waals surface area contributed by atoms with Gasteiger partial charge in [-0.1, -0.05) is 12.1 Å². The number of anilines is 1. The van der Waals surface area contributed by atoms with Crippen LogP contribution in [0.4, 0.5) is 11.5 Å². The van der Waals surface area contributed by atoms with Gasteiger partial charge < -0.3 is 15.2 Å². The van der Waals surface area contributed by atoms with Crippen LogP contribution in [0.15, 0.2) is 30.3 Å². The van der Waals surface area contributed by atoms with E-state index in [9.17, 15) is 15.2 Å². The molecule has 8 nitrogen and oxygen atoms in total. The zero-order valence-corrected chi connectivity index (χ0v) is 13.2. The fraction of sp³-hybridized carbons (Fsp3) is 0.375. The maximum absolute atomic E-state index is 10.9. The van der Waals surface area contributed by atoms with Crippen LogP contribution in [0.2, 0.25) is 0 Å². The van der Waals surface area contributed by atoms with Gasteiger partial charge in [0.2, 0.25) is 0 Å². The molecule has 0 atom stereocenters. The number of nitro groups is 1. The molecule has 8 heteroatoms. The maximum Gasteiger partial charge on any atom is 0.270 e. The topological polar surface area (TPSA) is 110 Å². The highest BCUT2D eigenvalue weighted by Crippen LogP contribution is 2.27. The van der Waals surface area contributed by atoms with Gasteiger partial charge in [-0.2, -0.15) is 0 Å². The van der Waals surface area contributed by atoms with E-state index in [0.29, 0.717) is 37.0 Å². The highest BCUT2D eigenvalue weighted by molar-refractivity contribution is 5.61. The molecular weight excluding hydrogens is 312 g/mol. The molecule has 3 rings (SSSR count). The third kappa shape index (κ3) is 3.34. The Hall–Kier alpha value is -2.58. The first-order chi connectivity index (χ1) is 11.5. The van der Waals surface area contributed by atoms with Gasteiger partial charge >= 0.3 is 0 Å². The third-order valence-corrected chi connectivity index (χ3v) is 3.97. The zero-order valence-electron chi connectivity index (χ0n) is 13.2. The van der Waals surface area contributed by atoms with E-state index in [1.54, 1.807) is 18.2 Å². The minimum absolute atomic E-state index is 0.00188. The minimum Gasteiger partial charge on any atom is -0.396 e. The summed E-state index contributed by atoms with van der Waals surface area (Å²) in [4.78, 5) is 19.3. The molecular formula is C16H18N4O4. The second-order valence-corrected chi connectivity index (χ2v) is 6.03. The Balaban J connectivity index is 1.83. The molecule has 0 aliphatic carbocycles. The van der Waals surface area contributed by atoms with Crippen molar-refractivity contribution >= 4 is 11.5 Å². The Morgan fingerprint density at radius 2 is 2.17 bits per heavy atom. The minimum atomic E-state index is -0.444. The fourth-order valence-electron chi connectivity index (χ4n) is 2.46. The molecule has 1 aromatic carbocycles. The Kier molecular flexibility index (Phi) is 4.41. The van der Waals surface area contributed by atoms with Crippen LogP contribution in [-0.4, -0.2) is 46.4 Å². The molecule has 2 heterocycles. The maximum atomic E-state index is 10.9. The molecule has 126 valence electrons. The Morgan fingerprint density at radius 1 is 1.38 bits per heavy atom. The van der Waals surface area contributed by atoms with Gasteiger partial charge in [-0.05, 0) is 6.92 Å². The summed E-state index contributed by atoms with van der Waals surface area (Å²) in [5.74, 6) is 1.04. The van der Waals surface area contributed by atoms with Crippen LogP contribution in [0, 0.1) is 22.5 Å². The van der Waals surface area contributed by atoms with Crippen LogP contribution < -0.4 is 5.32 Å². The number of non-ortho nitro benzene ring substituents is 1. The van der Waals surface area contributed by atoms with Crippen molar-refractivity contribution in [2.24, 2.45) is 5.41 Å². The first-order valence-corrected chi connectivity index (χ1v) is 7.54. The predicted molar refractivity (Wildman–Crippen MR) is 87.7 cm³/mol. The molecule has 0 radical (unpaired) electrons. The summed E-state index contributed by atoms with van der Waals surface area (Å²) in [5.41, 5.74) is 1.06. The SMILES string of the molecule is Cc1cc(NCC2(CO)COC2)nc(-c2cccc([N+](=O)[O-])c2)n1. The average molecular weight is 330 g/mol. The monoisotopic (exact) mass is 330 g/mol. The van der Waals surface area contributed by atoms with E-state index >= 15 is 0 Å². The van der Waals surface area contributed by atoms with Gasteiger partial charge in [0, 0.05) is 36.0 Å². The molecule has 0 spiro atoms. The van der Waals surface area contributed by atoms with Crippen LogP contribution in [0.5, 0.6) is 0 Å². The summed E-state index contributed by atoms with van der Waals surface area (Å²) in [5, 5.41) is 23.6. The molecule has 0 amide bonds. The molecule has 1 fully saturated rings. The van der Waals surface area contributed by atoms with Gasteiger partial charge in [0.05, 0.1) is 30.2 Å². The molecule has 2 N–H and O–H groups in total. The van der Waals surface area contributed by atoms with Crippen LogP contribution in [0.3, 0.4) is 0 Å². The van der Waals surface area contributed by atoms with E-state index < -0.39 is 4.92 Å². The highest BCUT2D eigenvalue weighted by atomic mass is 16.6. The summed E-state index contributed by atoms with van der Waals surface area (Å²) in [6.45, 7) is 3.44. The number of hydrogen-bond acceptors (Lipinski definition) is 7. The second kappa shape index (κ2) is 6.50. The van der Waals surface area contributed by atoms with Crippen molar-refractivity contribution in [1.29, 1.82) is 0 Å². The van der Waals surface area contributed by atoms with Crippen molar-refractivity contribution in [1.82, 2.24) is 9.97 Å². The second-order valence-electron chi connectivity index (χ2n) is 6.03. The van der Waals surface area contributed by atoms with Crippen LogP contribution >= 0.6 is 0 Å². The Bertz CT molecular complexity index is 756. The summed E-state index contributed by atoms with van der Waals surface area (Å²) >= 11 is 0. The van der Waals surface area contributed by atoms with Gasteiger partial charge in [0.1, 0.15) is 5.82 Å². The van der Waals surface area contributed by atoms with Gasteiger partial charge in [-0.15, -0.1) is 0 Å². The number of aryl methyl sites for hydroxylation is 1. The molecule has 1 aliphatic rings. The van der Waals surface area contributed by atoms with Gasteiger partial charge in [-0.25, -0.2) is 9.97 Å². The molecule has 0 bridgehead atoms. The van der Waals surface area contributed by atoms with E-state index in [0.717, 1.165) is 5.69 Å². The molecule has 0 saturated carbocycles. The summed E-state index contributed by atoms with van der Waals surface area (Å²) in [6, 6.07) is 8.03.